The van der Waals surface area contributed by atoms with Crippen molar-refractivity contribution in [2.24, 2.45) is 4.99 Å². The Labute approximate surface area is 165 Å². The summed E-state index contributed by atoms with van der Waals surface area (Å²) in [7, 11) is 3.44. The van der Waals surface area contributed by atoms with Gasteiger partial charge in [-0.05, 0) is 35.7 Å². The molecule has 1 atom stereocenters. The number of guanidine groups is 1. The molecule has 2 aromatic rings. The SMILES string of the molecule is CN=C(NCC(OC)c1ccc(F)cc1)N1CCc2ccccc21.I. The molecule has 25 heavy (non-hydrogen) atoms. The van der Waals surface area contributed by atoms with Crippen LogP contribution >= 0.6 is 24.0 Å². The maximum absolute atomic E-state index is 13.1. The number of nitrogens with zero attached hydrogens (tertiary/aromatic N) is 2. The standard InChI is InChI=1S/C19H22FN3O.HI/c1-21-19(23-12-11-14-5-3-4-6-17(14)23)22-13-18(24-2)15-7-9-16(20)10-8-15;/h3-10,18H,11-13H2,1-2H3,(H,21,22);1H. The van der Waals surface area contributed by atoms with Gasteiger partial charge in [-0.2, -0.15) is 0 Å². The van der Waals surface area contributed by atoms with Gasteiger partial charge in [0, 0.05) is 32.9 Å². The monoisotopic (exact) mass is 455 g/mol. The highest BCUT2D eigenvalue weighted by Gasteiger charge is 2.23. The molecule has 6 heteroatoms. The van der Waals surface area contributed by atoms with Crippen LogP contribution < -0.4 is 10.2 Å². The molecule has 0 aliphatic carbocycles. The second-order valence-corrected chi connectivity index (χ2v) is 5.73. The fourth-order valence-electron chi connectivity index (χ4n) is 3.05. The highest BCUT2D eigenvalue weighted by molar-refractivity contribution is 14.0. The molecule has 1 aliphatic heterocycles. The van der Waals surface area contributed by atoms with Crippen LogP contribution in [0.4, 0.5) is 10.1 Å². The molecule has 0 fully saturated rings. The molecule has 0 bridgehead atoms. The first-order valence-corrected chi connectivity index (χ1v) is 8.07. The minimum atomic E-state index is -0.244. The molecule has 1 aliphatic rings. The number of ether oxygens (including phenoxy) is 1. The average molecular weight is 455 g/mol. The van der Waals surface area contributed by atoms with Crippen molar-refractivity contribution in [1.82, 2.24) is 5.32 Å². The Morgan fingerprint density at radius 1 is 1.24 bits per heavy atom. The minimum absolute atomic E-state index is 0. The molecule has 134 valence electrons. The highest BCUT2D eigenvalue weighted by atomic mass is 127. The molecule has 0 saturated carbocycles. The smallest absolute Gasteiger partial charge is 0.198 e. The number of methoxy groups -OCH3 is 1. The summed E-state index contributed by atoms with van der Waals surface area (Å²) in [5, 5.41) is 3.37. The van der Waals surface area contributed by atoms with Crippen LogP contribution in [0.15, 0.2) is 53.5 Å². The summed E-state index contributed by atoms with van der Waals surface area (Å²) >= 11 is 0. The van der Waals surface area contributed by atoms with Crippen molar-refractivity contribution in [3.63, 3.8) is 0 Å². The lowest BCUT2D eigenvalue weighted by molar-refractivity contribution is 0.106. The Morgan fingerprint density at radius 2 is 1.96 bits per heavy atom. The van der Waals surface area contributed by atoms with Gasteiger partial charge in [0.05, 0.1) is 6.10 Å². The lowest BCUT2D eigenvalue weighted by Gasteiger charge is -2.24. The van der Waals surface area contributed by atoms with Gasteiger partial charge in [0.15, 0.2) is 5.96 Å². The molecule has 1 unspecified atom stereocenters. The van der Waals surface area contributed by atoms with Crippen molar-refractivity contribution in [3.05, 3.63) is 65.5 Å². The zero-order chi connectivity index (χ0) is 16.9. The third kappa shape index (κ3) is 4.49. The zero-order valence-electron chi connectivity index (χ0n) is 14.4. The van der Waals surface area contributed by atoms with Crippen molar-refractivity contribution in [1.29, 1.82) is 0 Å². The molecule has 1 N–H and O–H groups in total. The molecule has 3 rings (SSSR count). The van der Waals surface area contributed by atoms with Gasteiger partial charge in [-0.25, -0.2) is 4.39 Å². The Morgan fingerprint density at radius 3 is 2.64 bits per heavy atom. The topological polar surface area (TPSA) is 36.9 Å². The Bertz CT molecular complexity index is 721. The van der Waals surface area contributed by atoms with E-state index in [0.29, 0.717) is 6.54 Å². The van der Waals surface area contributed by atoms with Gasteiger partial charge in [0.25, 0.3) is 0 Å². The van der Waals surface area contributed by atoms with Gasteiger partial charge >= 0.3 is 0 Å². The maximum atomic E-state index is 13.1. The summed E-state index contributed by atoms with van der Waals surface area (Å²) in [5.41, 5.74) is 3.47. The number of hydrogen-bond acceptors (Lipinski definition) is 2. The number of fused-ring (bicyclic) bond motifs is 1. The van der Waals surface area contributed by atoms with E-state index in [1.807, 2.05) is 6.07 Å². The quantitative estimate of drug-likeness (QED) is 0.434. The third-order valence-corrected chi connectivity index (χ3v) is 4.33. The Hall–Kier alpha value is -1.67. The van der Waals surface area contributed by atoms with E-state index in [1.54, 1.807) is 26.3 Å². The van der Waals surface area contributed by atoms with E-state index in [1.165, 1.54) is 23.4 Å². The third-order valence-electron chi connectivity index (χ3n) is 4.33. The first kappa shape index (κ1) is 19.7. The van der Waals surface area contributed by atoms with Crippen molar-refractivity contribution >= 4 is 35.6 Å². The van der Waals surface area contributed by atoms with Crippen molar-refractivity contribution in [3.8, 4) is 0 Å². The van der Waals surface area contributed by atoms with Gasteiger partial charge < -0.3 is 15.0 Å². The first-order chi connectivity index (χ1) is 11.7. The summed E-state index contributed by atoms with van der Waals surface area (Å²) in [4.78, 5) is 6.59. The molecule has 0 aromatic heterocycles. The fraction of sp³-hybridized carbons (Fsp3) is 0.316. The number of nitrogens with one attached hydrogen (secondary N) is 1. The van der Waals surface area contributed by atoms with Crippen LogP contribution in [0, 0.1) is 5.82 Å². The van der Waals surface area contributed by atoms with E-state index in [2.05, 4.69) is 33.4 Å². The van der Waals surface area contributed by atoms with Crippen LogP contribution in [0.2, 0.25) is 0 Å². The number of halogens is 2. The summed E-state index contributed by atoms with van der Waals surface area (Å²) in [6, 6.07) is 14.8. The molecule has 0 amide bonds. The number of aliphatic imine (C=N–C) groups is 1. The van der Waals surface area contributed by atoms with Gasteiger partial charge in [-0.1, -0.05) is 30.3 Å². The van der Waals surface area contributed by atoms with Crippen molar-refractivity contribution < 1.29 is 9.13 Å². The molecule has 4 nitrogen and oxygen atoms in total. The van der Waals surface area contributed by atoms with Crippen LogP contribution in [0.5, 0.6) is 0 Å². The predicted molar refractivity (Wildman–Crippen MR) is 110 cm³/mol. The zero-order valence-corrected chi connectivity index (χ0v) is 16.7. The first-order valence-electron chi connectivity index (χ1n) is 8.07. The van der Waals surface area contributed by atoms with E-state index < -0.39 is 0 Å². The normalized spacial score (nSPS) is 14.7. The lowest BCUT2D eigenvalue weighted by Crippen LogP contribution is -2.42. The second-order valence-electron chi connectivity index (χ2n) is 5.73. The molecule has 2 aromatic carbocycles. The predicted octanol–water partition coefficient (Wildman–Crippen LogP) is 3.77. The molecule has 0 spiro atoms. The summed E-state index contributed by atoms with van der Waals surface area (Å²) < 4.78 is 18.6. The van der Waals surface area contributed by atoms with Gasteiger partial charge in [0.1, 0.15) is 5.82 Å². The number of anilines is 1. The maximum Gasteiger partial charge on any atom is 0.198 e. The van der Waals surface area contributed by atoms with Crippen molar-refractivity contribution in [2.45, 2.75) is 12.5 Å². The second kappa shape index (κ2) is 9.15. The van der Waals surface area contributed by atoms with E-state index in [-0.39, 0.29) is 35.9 Å². The van der Waals surface area contributed by atoms with Crippen LogP contribution in [-0.2, 0) is 11.2 Å². The van der Waals surface area contributed by atoms with Crippen LogP contribution in [-0.4, -0.2) is 33.2 Å². The number of para-hydroxylation sites is 1. The molecular formula is C19H23FIN3O. The van der Waals surface area contributed by atoms with E-state index >= 15 is 0 Å². The molecule has 1 heterocycles. The van der Waals surface area contributed by atoms with Crippen LogP contribution in [0.3, 0.4) is 0 Å². The Kier molecular flexibility index (Phi) is 7.19. The number of benzene rings is 2. The fourth-order valence-corrected chi connectivity index (χ4v) is 3.05. The van der Waals surface area contributed by atoms with E-state index in [0.717, 1.165) is 24.5 Å². The Balaban J connectivity index is 0.00000225. The van der Waals surface area contributed by atoms with Crippen LogP contribution in [0.25, 0.3) is 0 Å². The van der Waals surface area contributed by atoms with Crippen LogP contribution in [0.1, 0.15) is 17.2 Å². The van der Waals surface area contributed by atoms with Crippen molar-refractivity contribution in [2.75, 3.05) is 32.1 Å². The number of rotatable bonds is 4. The minimum Gasteiger partial charge on any atom is -0.375 e. The largest absolute Gasteiger partial charge is 0.375 e. The molecule has 0 radical (unpaired) electrons. The van der Waals surface area contributed by atoms with Gasteiger partial charge in [-0.3, -0.25) is 4.99 Å². The average Bonchev–Trinajstić information content (AvgIpc) is 3.04. The van der Waals surface area contributed by atoms with E-state index in [4.69, 9.17) is 4.74 Å². The molecule has 0 saturated heterocycles. The summed E-state index contributed by atoms with van der Waals surface area (Å²) in [6.45, 7) is 1.47. The lowest BCUT2D eigenvalue weighted by atomic mass is 10.1. The highest BCUT2D eigenvalue weighted by Crippen LogP contribution is 2.27. The van der Waals surface area contributed by atoms with E-state index in [9.17, 15) is 4.39 Å². The summed E-state index contributed by atoms with van der Waals surface area (Å²) in [6.07, 6.45) is 0.850. The number of hydrogen-bond donors (Lipinski definition) is 1. The molecular weight excluding hydrogens is 432 g/mol. The van der Waals surface area contributed by atoms with Gasteiger partial charge in [0.2, 0.25) is 0 Å². The van der Waals surface area contributed by atoms with Gasteiger partial charge in [-0.15, -0.1) is 24.0 Å². The summed E-state index contributed by atoms with van der Waals surface area (Å²) in [5.74, 6) is 0.579.